The van der Waals surface area contributed by atoms with E-state index >= 15 is 0 Å². The molecule has 0 aliphatic heterocycles. The molecule has 0 amide bonds. The first-order chi connectivity index (χ1) is 11.2. The van der Waals surface area contributed by atoms with Gasteiger partial charge in [0.05, 0.1) is 9.99 Å². The van der Waals surface area contributed by atoms with Gasteiger partial charge in [0, 0.05) is 6.54 Å². The maximum atomic E-state index is 5.80. The number of hydrogen-bond donors (Lipinski definition) is 0. The molecule has 1 aliphatic carbocycles. The molecular weight excluding hydrogens is 382 g/mol. The van der Waals surface area contributed by atoms with E-state index in [1.807, 2.05) is 16.8 Å². The third-order valence-electron chi connectivity index (χ3n) is 3.78. The van der Waals surface area contributed by atoms with Crippen molar-refractivity contribution >= 4 is 38.6 Å². The lowest BCUT2D eigenvalue weighted by molar-refractivity contribution is 0.298. The molecule has 2 heterocycles. The minimum atomic E-state index is 0.310. The predicted molar refractivity (Wildman–Crippen MR) is 89.3 cm³/mol. The number of nitrogens with zero attached hydrogens (tertiary/aromatic N) is 5. The molecule has 2 aromatic heterocycles. The normalized spacial score (nSPS) is 14.3. The Morgan fingerprint density at radius 1 is 1.17 bits per heavy atom. The van der Waals surface area contributed by atoms with Crippen molar-refractivity contribution in [3.05, 3.63) is 39.6 Å². The highest BCUT2D eigenvalue weighted by molar-refractivity contribution is 9.10. The Morgan fingerprint density at radius 3 is 2.78 bits per heavy atom. The van der Waals surface area contributed by atoms with Crippen LogP contribution in [0.4, 0.5) is 0 Å². The van der Waals surface area contributed by atoms with E-state index in [4.69, 9.17) is 16.3 Å². The van der Waals surface area contributed by atoms with Crippen molar-refractivity contribution < 1.29 is 4.74 Å². The number of ether oxygens (including phenoxy) is 1. The van der Waals surface area contributed by atoms with Crippen molar-refractivity contribution in [3.63, 3.8) is 0 Å². The third kappa shape index (κ3) is 3.16. The maximum Gasteiger partial charge on any atom is 0.151 e. The molecule has 6 nitrogen and oxygen atoms in total. The van der Waals surface area contributed by atoms with Gasteiger partial charge in [-0.25, -0.2) is 4.68 Å². The Hall–Kier alpha value is -1.73. The number of aromatic nitrogens is 5. The van der Waals surface area contributed by atoms with Crippen LogP contribution in [0.2, 0.25) is 5.15 Å². The second kappa shape index (κ2) is 6.05. The summed E-state index contributed by atoms with van der Waals surface area (Å²) in [6.45, 7) is 1.24. The van der Waals surface area contributed by atoms with E-state index in [2.05, 4.69) is 36.4 Å². The first kappa shape index (κ1) is 14.8. The SMILES string of the molecule is Clc1ccc(COc2ccc3c(nnn3CC3CC3)c2Br)nn1. The van der Waals surface area contributed by atoms with Crippen LogP contribution in [-0.2, 0) is 13.2 Å². The zero-order chi connectivity index (χ0) is 15.8. The average Bonchev–Trinajstić information content (AvgIpc) is 3.28. The van der Waals surface area contributed by atoms with E-state index in [1.54, 1.807) is 12.1 Å². The summed E-state index contributed by atoms with van der Waals surface area (Å²) in [7, 11) is 0. The molecular formula is C15H13BrClN5O. The van der Waals surface area contributed by atoms with Crippen LogP contribution in [-0.4, -0.2) is 25.2 Å². The van der Waals surface area contributed by atoms with Gasteiger partial charge in [0.2, 0.25) is 0 Å². The van der Waals surface area contributed by atoms with E-state index in [1.165, 1.54) is 12.8 Å². The van der Waals surface area contributed by atoms with Crippen molar-refractivity contribution in [3.8, 4) is 5.75 Å². The van der Waals surface area contributed by atoms with Crippen LogP contribution < -0.4 is 4.74 Å². The summed E-state index contributed by atoms with van der Waals surface area (Å²) < 4.78 is 8.57. The summed E-state index contributed by atoms with van der Waals surface area (Å²) >= 11 is 9.29. The van der Waals surface area contributed by atoms with Gasteiger partial charge in [0.25, 0.3) is 0 Å². The zero-order valence-corrected chi connectivity index (χ0v) is 14.5. The van der Waals surface area contributed by atoms with Gasteiger partial charge in [-0.1, -0.05) is 16.8 Å². The van der Waals surface area contributed by atoms with E-state index in [0.29, 0.717) is 23.2 Å². The fraction of sp³-hybridized carbons (Fsp3) is 0.333. The molecule has 0 unspecified atom stereocenters. The maximum absolute atomic E-state index is 5.80. The zero-order valence-electron chi connectivity index (χ0n) is 12.1. The summed E-state index contributed by atoms with van der Waals surface area (Å²) in [6.07, 6.45) is 2.57. The van der Waals surface area contributed by atoms with Gasteiger partial charge in [-0.05, 0) is 59.0 Å². The summed E-state index contributed by atoms with van der Waals surface area (Å²) in [5.74, 6) is 1.45. The van der Waals surface area contributed by atoms with Crippen LogP contribution >= 0.6 is 27.5 Å². The molecule has 0 radical (unpaired) electrons. The molecule has 4 rings (SSSR count). The Labute approximate surface area is 145 Å². The Balaban J connectivity index is 1.55. The van der Waals surface area contributed by atoms with Gasteiger partial charge < -0.3 is 4.74 Å². The summed E-state index contributed by atoms with van der Waals surface area (Å²) in [5.41, 5.74) is 2.53. The average molecular weight is 395 g/mol. The molecule has 1 fully saturated rings. The minimum absolute atomic E-state index is 0.310. The fourth-order valence-electron chi connectivity index (χ4n) is 2.35. The molecule has 0 spiro atoms. The van der Waals surface area contributed by atoms with Crippen molar-refractivity contribution in [1.82, 2.24) is 25.2 Å². The van der Waals surface area contributed by atoms with Gasteiger partial charge in [-0.15, -0.1) is 10.2 Å². The van der Waals surface area contributed by atoms with Crippen molar-refractivity contribution in [2.45, 2.75) is 26.0 Å². The predicted octanol–water partition coefficient (Wildman–Crippen LogP) is 3.63. The molecule has 8 heteroatoms. The number of benzene rings is 1. The first-order valence-electron chi connectivity index (χ1n) is 7.33. The summed E-state index contributed by atoms with van der Waals surface area (Å²) in [5, 5.41) is 16.7. The van der Waals surface area contributed by atoms with Crippen LogP contribution in [0.3, 0.4) is 0 Å². The lowest BCUT2D eigenvalue weighted by Gasteiger charge is -2.08. The molecule has 118 valence electrons. The van der Waals surface area contributed by atoms with Crippen LogP contribution in [0.5, 0.6) is 5.75 Å². The van der Waals surface area contributed by atoms with Crippen LogP contribution in [0, 0.1) is 5.92 Å². The molecule has 3 aromatic rings. The number of rotatable bonds is 5. The molecule has 0 N–H and O–H groups in total. The van der Waals surface area contributed by atoms with E-state index in [0.717, 1.165) is 28.0 Å². The fourth-order valence-corrected chi connectivity index (χ4v) is 2.98. The molecule has 1 saturated carbocycles. The Kier molecular flexibility index (Phi) is 3.90. The van der Waals surface area contributed by atoms with E-state index < -0.39 is 0 Å². The monoisotopic (exact) mass is 393 g/mol. The second-order valence-corrected chi connectivity index (χ2v) is 6.78. The standard InChI is InChI=1S/C15H13BrClN5O/c16-14-12(23-8-10-3-6-13(17)19-18-10)5-4-11-15(14)20-21-22(11)7-9-1-2-9/h3-6,9H,1-2,7-8H2. The molecule has 0 bridgehead atoms. The number of hydrogen-bond acceptors (Lipinski definition) is 5. The van der Waals surface area contributed by atoms with Crippen molar-refractivity contribution in [1.29, 1.82) is 0 Å². The van der Waals surface area contributed by atoms with Crippen molar-refractivity contribution in [2.24, 2.45) is 5.92 Å². The van der Waals surface area contributed by atoms with E-state index in [9.17, 15) is 0 Å². The highest BCUT2D eigenvalue weighted by Crippen LogP contribution is 2.35. The van der Waals surface area contributed by atoms with Crippen LogP contribution in [0.15, 0.2) is 28.7 Å². The van der Waals surface area contributed by atoms with Crippen molar-refractivity contribution in [2.75, 3.05) is 0 Å². The molecule has 1 aromatic carbocycles. The summed E-state index contributed by atoms with van der Waals surface area (Å²) in [6, 6.07) is 7.39. The van der Waals surface area contributed by atoms with E-state index in [-0.39, 0.29) is 0 Å². The highest BCUT2D eigenvalue weighted by Gasteiger charge is 2.23. The first-order valence-corrected chi connectivity index (χ1v) is 8.50. The lowest BCUT2D eigenvalue weighted by Crippen LogP contribution is -2.02. The van der Waals surface area contributed by atoms with Gasteiger partial charge in [-0.2, -0.15) is 5.10 Å². The van der Waals surface area contributed by atoms with Gasteiger partial charge in [0.15, 0.2) is 5.15 Å². The van der Waals surface area contributed by atoms with Crippen LogP contribution in [0.25, 0.3) is 11.0 Å². The Bertz CT molecular complexity index is 847. The topological polar surface area (TPSA) is 65.7 Å². The number of halogens is 2. The molecule has 1 aliphatic rings. The molecule has 23 heavy (non-hydrogen) atoms. The summed E-state index contributed by atoms with van der Waals surface area (Å²) in [4.78, 5) is 0. The molecule has 0 saturated heterocycles. The largest absolute Gasteiger partial charge is 0.486 e. The van der Waals surface area contributed by atoms with Gasteiger partial charge in [0.1, 0.15) is 23.6 Å². The molecule has 0 atom stereocenters. The van der Waals surface area contributed by atoms with Crippen LogP contribution in [0.1, 0.15) is 18.5 Å². The van der Waals surface area contributed by atoms with Gasteiger partial charge in [-0.3, -0.25) is 0 Å². The highest BCUT2D eigenvalue weighted by atomic mass is 79.9. The number of fused-ring (bicyclic) bond motifs is 1. The lowest BCUT2D eigenvalue weighted by atomic mass is 10.3. The minimum Gasteiger partial charge on any atom is -0.486 e. The van der Waals surface area contributed by atoms with Gasteiger partial charge >= 0.3 is 0 Å². The quantitative estimate of drug-likeness (QED) is 0.661. The smallest absolute Gasteiger partial charge is 0.151 e. The Morgan fingerprint density at radius 2 is 2.04 bits per heavy atom. The second-order valence-electron chi connectivity index (χ2n) is 5.60. The third-order valence-corrected chi connectivity index (χ3v) is 4.75.